The maximum atomic E-state index is 12.2. The van der Waals surface area contributed by atoms with Crippen LogP contribution in [0.5, 0.6) is 0 Å². The molecule has 0 saturated heterocycles. The summed E-state index contributed by atoms with van der Waals surface area (Å²) in [4.78, 5) is 11.1. The van der Waals surface area contributed by atoms with Crippen LogP contribution in [0.25, 0.3) is 0 Å². The lowest BCUT2D eigenvalue weighted by molar-refractivity contribution is -0.142. The zero-order valence-electron chi connectivity index (χ0n) is 10.8. The molecule has 1 saturated carbocycles. The molecule has 5 nitrogen and oxygen atoms in total. The molecule has 1 fully saturated rings. The predicted octanol–water partition coefficient (Wildman–Crippen LogP) is 2.21. The molecule has 0 spiro atoms. The van der Waals surface area contributed by atoms with Crippen molar-refractivity contribution in [3.63, 3.8) is 0 Å². The van der Waals surface area contributed by atoms with E-state index in [9.17, 15) is 13.2 Å². The number of carboxylic acids is 1. The summed E-state index contributed by atoms with van der Waals surface area (Å²) in [5, 5.41) is 8.92. The van der Waals surface area contributed by atoms with Crippen molar-refractivity contribution in [2.45, 2.75) is 36.6 Å². The summed E-state index contributed by atoms with van der Waals surface area (Å²) in [7, 11) is -3.52. The molecule has 110 valence electrons. The van der Waals surface area contributed by atoms with E-state index in [4.69, 9.17) is 5.11 Å². The quantitative estimate of drug-likeness (QED) is 0.748. The minimum Gasteiger partial charge on any atom is -0.481 e. The lowest BCUT2D eigenvalue weighted by atomic mass is 9.87. The molecular formula is C13H16INO4S. The van der Waals surface area contributed by atoms with Crippen LogP contribution in [0.15, 0.2) is 29.2 Å². The van der Waals surface area contributed by atoms with E-state index in [2.05, 4.69) is 27.3 Å². The number of nitrogens with one attached hydrogen (secondary N) is 1. The van der Waals surface area contributed by atoms with E-state index in [1.165, 1.54) is 0 Å². The normalized spacial score (nSPS) is 23.4. The summed E-state index contributed by atoms with van der Waals surface area (Å²) in [5.74, 6) is -1.13. The average molecular weight is 409 g/mol. The molecule has 1 aromatic carbocycles. The van der Waals surface area contributed by atoms with Crippen molar-refractivity contribution >= 4 is 38.6 Å². The van der Waals surface area contributed by atoms with Crippen LogP contribution in [0.3, 0.4) is 0 Å². The van der Waals surface area contributed by atoms with Gasteiger partial charge in [0.15, 0.2) is 0 Å². The molecule has 0 unspecified atom stereocenters. The molecule has 0 radical (unpaired) electrons. The Bertz CT molecular complexity index is 577. The van der Waals surface area contributed by atoms with Crippen molar-refractivity contribution in [3.8, 4) is 0 Å². The number of sulfonamides is 1. The topological polar surface area (TPSA) is 83.5 Å². The molecular weight excluding hydrogens is 393 g/mol. The Labute approximate surface area is 132 Å². The summed E-state index contributed by atoms with van der Waals surface area (Å²) < 4.78 is 28.0. The van der Waals surface area contributed by atoms with Crippen LogP contribution in [-0.4, -0.2) is 25.5 Å². The van der Waals surface area contributed by atoms with Crippen LogP contribution in [0.2, 0.25) is 0 Å². The van der Waals surface area contributed by atoms with E-state index in [0.29, 0.717) is 25.7 Å². The summed E-state index contributed by atoms with van der Waals surface area (Å²) in [6, 6.07) is 6.47. The van der Waals surface area contributed by atoms with E-state index in [1.54, 1.807) is 24.3 Å². The van der Waals surface area contributed by atoms with Gasteiger partial charge in [0.25, 0.3) is 0 Å². The molecule has 0 aliphatic heterocycles. The second kappa shape index (κ2) is 6.40. The third-order valence-corrected chi connectivity index (χ3v) is 5.78. The summed E-state index contributed by atoms with van der Waals surface area (Å²) in [6.07, 6.45) is 2.19. The molecule has 20 heavy (non-hydrogen) atoms. The molecule has 2 rings (SSSR count). The smallest absolute Gasteiger partial charge is 0.306 e. The van der Waals surface area contributed by atoms with Gasteiger partial charge in [0.2, 0.25) is 10.0 Å². The lowest BCUT2D eigenvalue weighted by Gasteiger charge is -2.26. The second-order valence-corrected chi connectivity index (χ2v) is 7.92. The third kappa shape index (κ3) is 3.92. The molecule has 0 amide bonds. The van der Waals surface area contributed by atoms with E-state index in [0.717, 1.165) is 3.57 Å². The Morgan fingerprint density at radius 3 is 2.20 bits per heavy atom. The number of carbonyl (C=O) groups is 1. The van der Waals surface area contributed by atoms with Crippen LogP contribution in [0.1, 0.15) is 25.7 Å². The van der Waals surface area contributed by atoms with Crippen molar-refractivity contribution in [1.82, 2.24) is 4.72 Å². The molecule has 0 bridgehead atoms. The lowest BCUT2D eigenvalue weighted by Crippen LogP contribution is -2.38. The number of hydrogen-bond acceptors (Lipinski definition) is 3. The first kappa shape index (κ1) is 15.7. The molecule has 2 N–H and O–H groups in total. The van der Waals surface area contributed by atoms with E-state index >= 15 is 0 Å². The van der Waals surface area contributed by atoms with Crippen LogP contribution < -0.4 is 4.72 Å². The Morgan fingerprint density at radius 2 is 1.70 bits per heavy atom. The minimum atomic E-state index is -3.52. The second-order valence-electron chi connectivity index (χ2n) is 4.96. The van der Waals surface area contributed by atoms with Gasteiger partial charge in [0.05, 0.1) is 10.8 Å². The third-order valence-electron chi connectivity index (χ3n) is 3.52. The number of carboxylic acid groups (broad SMARTS) is 1. The first-order valence-corrected chi connectivity index (χ1v) is 8.95. The summed E-state index contributed by atoms with van der Waals surface area (Å²) in [6.45, 7) is 0. The first-order valence-electron chi connectivity index (χ1n) is 6.39. The van der Waals surface area contributed by atoms with Crippen LogP contribution in [-0.2, 0) is 14.8 Å². The molecule has 0 heterocycles. The predicted molar refractivity (Wildman–Crippen MR) is 82.9 cm³/mol. The van der Waals surface area contributed by atoms with E-state index in [-0.39, 0.29) is 16.9 Å². The van der Waals surface area contributed by atoms with E-state index < -0.39 is 16.0 Å². The van der Waals surface area contributed by atoms with Crippen molar-refractivity contribution in [2.75, 3.05) is 0 Å². The van der Waals surface area contributed by atoms with Crippen LogP contribution >= 0.6 is 22.6 Å². The first-order chi connectivity index (χ1) is 9.38. The maximum Gasteiger partial charge on any atom is 0.306 e. The number of benzene rings is 1. The van der Waals surface area contributed by atoms with Crippen molar-refractivity contribution in [3.05, 3.63) is 27.8 Å². The average Bonchev–Trinajstić information content (AvgIpc) is 2.39. The van der Waals surface area contributed by atoms with Crippen molar-refractivity contribution in [1.29, 1.82) is 0 Å². The highest BCUT2D eigenvalue weighted by Crippen LogP contribution is 2.25. The molecule has 0 aromatic heterocycles. The molecule has 1 aliphatic carbocycles. The van der Waals surface area contributed by atoms with Gasteiger partial charge in [-0.1, -0.05) is 0 Å². The monoisotopic (exact) mass is 409 g/mol. The maximum absolute atomic E-state index is 12.2. The summed E-state index contributed by atoms with van der Waals surface area (Å²) >= 11 is 2.12. The molecule has 0 atom stereocenters. The number of halogens is 1. The van der Waals surface area contributed by atoms with Gasteiger partial charge in [0, 0.05) is 9.61 Å². The fourth-order valence-electron chi connectivity index (χ4n) is 2.36. The van der Waals surface area contributed by atoms with Crippen molar-refractivity contribution in [2.24, 2.45) is 5.92 Å². The number of aliphatic carboxylic acids is 1. The zero-order chi connectivity index (χ0) is 14.8. The highest BCUT2D eigenvalue weighted by molar-refractivity contribution is 14.1. The van der Waals surface area contributed by atoms with Gasteiger partial charge in [-0.3, -0.25) is 4.79 Å². The van der Waals surface area contributed by atoms with Gasteiger partial charge < -0.3 is 5.11 Å². The van der Waals surface area contributed by atoms with E-state index in [1.807, 2.05) is 0 Å². The number of hydrogen-bond donors (Lipinski definition) is 2. The summed E-state index contributed by atoms with van der Waals surface area (Å²) in [5.41, 5.74) is 0. The van der Waals surface area contributed by atoms with Gasteiger partial charge in [0.1, 0.15) is 0 Å². The zero-order valence-corrected chi connectivity index (χ0v) is 13.7. The fraction of sp³-hybridized carbons (Fsp3) is 0.462. The Balaban J connectivity index is 2.00. The van der Waals surface area contributed by atoms with Crippen LogP contribution in [0, 0.1) is 9.49 Å². The Hall–Kier alpha value is -0.670. The molecule has 7 heteroatoms. The van der Waals surface area contributed by atoms with Gasteiger partial charge in [-0.25, -0.2) is 13.1 Å². The van der Waals surface area contributed by atoms with Crippen molar-refractivity contribution < 1.29 is 18.3 Å². The molecule has 1 aliphatic rings. The van der Waals surface area contributed by atoms with Gasteiger partial charge >= 0.3 is 5.97 Å². The highest BCUT2D eigenvalue weighted by Gasteiger charge is 2.28. The standard InChI is InChI=1S/C13H16INO4S/c14-10-3-7-12(8-4-10)20(18,19)15-11-5-1-9(2-6-11)13(16)17/h3-4,7-9,11,15H,1-2,5-6H2,(H,16,17). The van der Waals surface area contributed by atoms with Gasteiger partial charge in [-0.05, 0) is 72.5 Å². The SMILES string of the molecule is O=C(O)C1CCC(NS(=O)(=O)c2ccc(I)cc2)CC1. The largest absolute Gasteiger partial charge is 0.481 e. The Morgan fingerprint density at radius 1 is 1.15 bits per heavy atom. The van der Waals surface area contributed by atoms with Gasteiger partial charge in [-0.2, -0.15) is 0 Å². The van der Waals surface area contributed by atoms with Crippen LogP contribution in [0.4, 0.5) is 0 Å². The van der Waals surface area contributed by atoms with Gasteiger partial charge in [-0.15, -0.1) is 0 Å². The fourth-order valence-corrected chi connectivity index (χ4v) is 4.02. The number of rotatable bonds is 4. The minimum absolute atomic E-state index is 0.171. The Kier molecular flexibility index (Phi) is 5.03. The molecule has 1 aromatic rings. The highest BCUT2D eigenvalue weighted by atomic mass is 127.